The first-order chi connectivity index (χ1) is 13.7. The Kier molecular flexibility index (Phi) is 5.60. The number of carbonyl (C=O) groups excluding carboxylic acids is 2. The van der Waals surface area contributed by atoms with Crippen molar-refractivity contribution in [1.29, 1.82) is 0 Å². The van der Waals surface area contributed by atoms with Crippen LogP contribution in [-0.4, -0.2) is 35.8 Å². The van der Waals surface area contributed by atoms with E-state index < -0.39 is 6.04 Å². The number of hydrogen-bond acceptors (Lipinski definition) is 3. The van der Waals surface area contributed by atoms with E-state index in [1.807, 2.05) is 59.5 Å². The molecule has 0 radical (unpaired) electrons. The molecule has 1 saturated carbocycles. The highest BCUT2D eigenvalue weighted by molar-refractivity contribution is 5.95. The summed E-state index contributed by atoms with van der Waals surface area (Å²) < 4.78 is 0. The van der Waals surface area contributed by atoms with Crippen LogP contribution in [0, 0.1) is 0 Å². The number of benzene rings is 2. The van der Waals surface area contributed by atoms with Gasteiger partial charge in [-0.15, -0.1) is 0 Å². The van der Waals surface area contributed by atoms with Crippen LogP contribution < -0.4 is 10.6 Å². The normalized spacial score (nSPS) is 17.6. The van der Waals surface area contributed by atoms with Crippen LogP contribution in [0.3, 0.4) is 0 Å². The van der Waals surface area contributed by atoms with E-state index in [1.54, 1.807) is 0 Å². The Hall–Kier alpha value is -2.82. The van der Waals surface area contributed by atoms with Gasteiger partial charge in [0.2, 0.25) is 5.91 Å². The van der Waals surface area contributed by atoms with Gasteiger partial charge in [-0.3, -0.25) is 9.59 Å². The van der Waals surface area contributed by atoms with Crippen LogP contribution in [0.2, 0.25) is 0 Å². The number of rotatable bonds is 6. The summed E-state index contributed by atoms with van der Waals surface area (Å²) in [5, 5.41) is 6.40. The fourth-order valence-corrected chi connectivity index (χ4v) is 3.64. The van der Waals surface area contributed by atoms with Crippen molar-refractivity contribution >= 4 is 17.5 Å². The fourth-order valence-electron chi connectivity index (χ4n) is 3.64. The summed E-state index contributed by atoms with van der Waals surface area (Å²) in [6.45, 7) is 1.63. The molecule has 4 rings (SSSR count). The summed E-state index contributed by atoms with van der Waals surface area (Å²) in [5.74, 6) is 0.0449. The Balaban J connectivity index is 1.55. The van der Waals surface area contributed by atoms with Crippen molar-refractivity contribution in [2.24, 2.45) is 0 Å². The minimum absolute atomic E-state index is 0.0511. The third-order valence-electron chi connectivity index (χ3n) is 5.40. The van der Waals surface area contributed by atoms with Gasteiger partial charge in [0, 0.05) is 30.4 Å². The Bertz CT molecular complexity index is 827. The lowest BCUT2D eigenvalue weighted by molar-refractivity contribution is -0.133. The van der Waals surface area contributed by atoms with Crippen molar-refractivity contribution < 1.29 is 9.59 Å². The summed E-state index contributed by atoms with van der Waals surface area (Å²) in [5.41, 5.74) is 2.34. The lowest BCUT2D eigenvalue weighted by atomic mass is 10.0. The first-order valence-corrected chi connectivity index (χ1v) is 10.2. The number of piperidine rings is 1. The van der Waals surface area contributed by atoms with Crippen molar-refractivity contribution in [3.8, 4) is 0 Å². The van der Waals surface area contributed by atoms with Gasteiger partial charge in [-0.05, 0) is 55.9 Å². The highest BCUT2D eigenvalue weighted by atomic mass is 16.2. The van der Waals surface area contributed by atoms with Crippen molar-refractivity contribution in [2.45, 2.75) is 44.2 Å². The van der Waals surface area contributed by atoms with Crippen LogP contribution in [0.1, 0.15) is 54.1 Å². The van der Waals surface area contributed by atoms with Crippen LogP contribution in [0.25, 0.3) is 0 Å². The molecule has 5 heteroatoms. The first kappa shape index (κ1) is 18.5. The van der Waals surface area contributed by atoms with Crippen LogP contribution in [0.5, 0.6) is 0 Å². The molecule has 0 unspecified atom stereocenters. The third kappa shape index (κ3) is 4.53. The SMILES string of the molecule is O=C(NC1CC1)c1cccc(N[C@@H](C(=O)N2CCCCC2)c2ccccc2)c1. The molecule has 1 heterocycles. The quantitative estimate of drug-likeness (QED) is 0.806. The van der Waals surface area contributed by atoms with Gasteiger partial charge in [0.05, 0.1) is 0 Å². The number of hydrogen-bond donors (Lipinski definition) is 2. The topological polar surface area (TPSA) is 61.4 Å². The smallest absolute Gasteiger partial charge is 0.251 e. The number of likely N-dealkylation sites (tertiary alicyclic amines) is 1. The van der Waals surface area contributed by atoms with Crippen molar-refractivity contribution in [1.82, 2.24) is 10.2 Å². The van der Waals surface area contributed by atoms with Gasteiger partial charge in [0.25, 0.3) is 5.91 Å². The van der Waals surface area contributed by atoms with Gasteiger partial charge in [-0.1, -0.05) is 36.4 Å². The van der Waals surface area contributed by atoms with Crippen LogP contribution in [-0.2, 0) is 4.79 Å². The summed E-state index contributed by atoms with van der Waals surface area (Å²) in [7, 11) is 0. The van der Waals surface area contributed by atoms with Crippen molar-refractivity contribution in [3.63, 3.8) is 0 Å². The Morgan fingerprint density at radius 2 is 1.68 bits per heavy atom. The molecule has 2 amide bonds. The van der Waals surface area contributed by atoms with Crippen molar-refractivity contribution in [2.75, 3.05) is 18.4 Å². The molecular weight excluding hydrogens is 350 g/mol. The average molecular weight is 377 g/mol. The highest BCUT2D eigenvalue weighted by Gasteiger charge is 2.27. The number of nitrogens with one attached hydrogen (secondary N) is 2. The second-order valence-electron chi connectivity index (χ2n) is 7.70. The van der Waals surface area contributed by atoms with E-state index in [4.69, 9.17) is 0 Å². The maximum Gasteiger partial charge on any atom is 0.251 e. The second kappa shape index (κ2) is 8.46. The molecule has 1 aliphatic heterocycles. The van der Waals surface area contributed by atoms with Gasteiger partial charge < -0.3 is 15.5 Å². The predicted molar refractivity (Wildman–Crippen MR) is 110 cm³/mol. The summed E-state index contributed by atoms with van der Waals surface area (Å²) in [4.78, 5) is 27.6. The largest absolute Gasteiger partial charge is 0.370 e. The monoisotopic (exact) mass is 377 g/mol. The third-order valence-corrected chi connectivity index (χ3v) is 5.40. The zero-order valence-electron chi connectivity index (χ0n) is 16.1. The molecule has 1 saturated heterocycles. The van der Waals surface area contributed by atoms with Gasteiger partial charge in [-0.2, -0.15) is 0 Å². The molecule has 2 aromatic carbocycles. The number of nitrogens with zero attached hydrogens (tertiary/aromatic N) is 1. The van der Waals surface area contributed by atoms with E-state index in [1.165, 1.54) is 6.42 Å². The standard InChI is InChI=1S/C23H27N3O2/c27-22(25-19-12-13-19)18-10-7-11-20(16-18)24-21(17-8-3-1-4-9-17)23(28)26-14-5-2-6-15-26/h1,3-4,7-11,16,19,21,24H,2,5-6,12-15H2,(H,25,27)/t21-/m1/s1. The van der Waals surface area contributed by atoms with E-state index in [2.05, 4.69) is 10.6 Å². The molecule has 1 atom stereocenters. The Morgan fingerprint density at radius 1 is 0.929 bits per heavy atom. The minimum atomic E-state index is -0.457. The fraction of sp³-hybridized carbons (Fsp3) is 0.391. The number of carbonyl (C=O) groups is 2. The zero-order chi connectivity index (χ0) is 19.3. The van der Waals surface area contributed by atoms with Crippen LogP contribution in [0.4, 0.5) is 5.69 Å². The van der Waals surface area contributed by atoms with Gasteiger partial charge in [0.15, 0.2) is 0 Å². The summed E-state index contributed by atoms with van der Waals surface area (Å²) >= 11 is 0. The van der Waals surface area contributed by atoms with Crippen LogP contribution >= 0.6 is 0 Å². The van der Waals surface area contributed by atoms with E-state index in [0.717, 1.165) is 50.0 Å². The van der Waals surface area contributed by atoms with E-state index in [-0.39, 0.29) is 11.8 Å². The zero-order valence-corrected chi connectivity index (χ0v) is 16.1. The maximum absolute atomic E-state index is 13.3. The Morgan fingerprint density at radius 3 is 2.39 bits per heavy atom. The molecule has 28 heavy (non-hydrogen) atoms. The molecule has 146 valence electrons. The minimum Gasteiger partial charge on any atom is -0.370 e. The molecule has 0 aromatic heterocycles. The van der Waals surface area contributed by atoms with Gasteiger partial charge in [-0.25, -0.2) is 0 Å². The lowest BCUT2D eigenvalue weighted by Crippen LogP contribution is -2.41. The maximum atomic E-state index is 13.3. The highest BCUT2D eigenvalue weighted by Crippen LogP contribution is 2.25. The molecule has 0 spiro atoms. The molecule has 2 fully saturated rings. The lowest BCUT2D eigenvalue weighted by Gasteiger charge is -2.31. The molecule has 2 N–H and O–H groups in total. The summed E-state index contributed by atoms with van der Waals surface area (Å²) in [6, 6.07) is 17.1. The molecular formula is C23H27N3O2. The number of amides is 2. The van der Waals surface area contributed by atoms with Gasteiger partial charge >= 0.3 is 0 Å². The second-order valence-corrected chi connectivity index (χ2v) is 7.70. The van der Waals surface area contributed by atoms with E-state index in [9.17, 15) is 9.59 Å². The van der Waals surface area contributed by atoms with Crippen molar-refractivity contribution in [3.05, 3.63) is 65.7 Å². The van der Waals surface area contributed by atoms with Gasteiger partial charge in [0.1, 0.15) is 6.04 Å². The van der Waals surface area contributed by atoms with E-state index >= 15 is 0 Å². The molecule has 2 aliphatic rings. The molecule has 2 aromatic rings. The average Bonchev–Trinajstić information content (AvgIpc) is 3.57. The van der Waals surface area contributed by atoms with Crippen LogP contribution in [0.15, 0.2) is 54.6 Å². The summed E-state index contributed by atoms with van der Waals surface area (Å²) in [6.07, 6.45) is 5.42. The first-order valence-electron chi connectivity index (χ1n) is 10.2. The number of anilines is 1. The Labute approximate surface area is 166 Å². The molecule has 0 bridgehead atoms. The predicted octanol–water partition coefficient (Wildman–Crippen LogP) is 3.74. The van der Waals surface area contributed by atoms with E-state index in [0.29, 0.717) is 11.6 Å². The molecule has 1 aliphatic carbocycles. The molecule has 5 nitrogen and oxygen atoms in total.